The van der Waals surface area contributed by atoms with Crippen LogP contribution < -0.4 is 9.64 Å². The Labute approximate surface area is 132 Å². The minimum Gasteiger partial charge on any atom is -0.508 e. The molecule has 0 saturated heterocycles. The predicted octanol–water partition coefficient (Wildman–Crippen LogP) is 3.92. The SMILES string of the molecule is CCCN1CC(Cc2ccccc2C)Oc2cc(O)ccc21. The van der Waals surface area contributed by atoms with E-state index in [0.29, 0.717) is 0 Å². The molecule has 1 aliphatic rings. The van der Waals surface area contributed by atoms with Gasteiger partial charge in [0, 0.05) is 19.0 Å². The van der Waals surface area contributed by atoms with Crippen LogP contribution in [0.25, 0.3) is 0 Å². The molecular formula is C19H23NO2. The van der Waals surface area contributed by atoms with E-state index in [4.69, 9.17) is 4.74 Å². The van der Waals surface area contributed by atoms with Gasteiger partial charge in [-0.1, -0.05) is 31.2 Å². The number of nitrogens with zero attached hydrogens (tertiary/aromatic N) is 1. The summed E-state index contributed by atoms with van der Waals surface area (Å²) in [5, 5.41) is 9.73. The molecule has 0 spiro atoms. The predicted molar refractivity (Wildman–Crippen MR) is 89.9 cm³/mol. The van der Waals surface area contributed by atoms with Gasteiger partial charge in [-0.15, -0.1) is 0 Å². The van der Waals surface area contributed by atoms with Gasteiger partial charge in [0.1, 0.15) is 17.6 Å². The number of aryl methyl sites for hydroxylation is 1. The Hall–Kier alpha value is -2.16. The lowest BCUT2D eigenvalue weighted by atomic mass is 10.0. The molecule has 3 nitrogen and oxygen atoms in total. The second-order valence-electron chi connectivity index (χ2n) is 5.97. The van der Waals surface area contributed by atoms with Crippen molar-refractivity contribution in [2.24, 2.45) is 0 Å². The van der Waals surface area contributed by atoms with Crippen molar-refractivity contribution in [3.05, 3.63) is 53.6 Å². The number of phenols is 1. The zero-order valence-electron chi connectivity index (χ0n) is 13.2. The molecule has 2 aromatic rings. The maximum atomic E-state index is 9.73. The number of phenolic OH excluding ortho intramolecular Hbond substituents is 1. The van der Waals surface area contributed by atoms with Gasteiger partial charge in [0.2, 0.25) is 0 Å². The summed E-state index contributed by atoms with van der Waals surface area (Å²) in [7, 11) is 0. The molecule has 0 radical (unpaired) electrons. The van der Waals surface area contributed by atoms with Gasteiger partial charge >= 0.3 is 0 Å². The molecule has 0 amide bonds. The number of rotatable bonds is 4. The lowest BCUT2D eigenvalue weighted by molar-refractivity contribution is 0.193. The molecule has 116 valence electrons. The number of aromatic hydroxyl groups is 1. The molecule has 1 N–H and O–H groups in total. The summed E-state index contributed by atoms with van der Waals surface area (Å²) in [5.74, 6) is 1.05. The number of anilines is 1. The summed E-state index contributed by atoms with van der Waals surface area (Å²) < 4.78 is 6.15. The molecule has 0 fully saturated rings. The highest BCUT2D eigenvalue weighted by molar-refractivity contribution is 5.62. The fourth-order valence-electron chi connectivity index (χ4n) is 3.09. The lowest BCUT2D eigenvalue weighted by Gasteiger charge is -2.36. The van der Waals surface area contributed by atoms with Crippen LogP contribution in [0.4, 0.5) is 5.69 Å². The maximum Gasteiger partial charge on any atom is 0.146 e. The van der Waals surface area contributed by atoms with E-state index in [1.807, 2.05) is 6.07 Å². The van der Waals surface area contributed by atoms with Crippen LogP contribution >= 0.6 is 0 Å². The zero-order valence-corrected chi connectivity index (χ0v) is 13.2. The quantitative estimate of drug-likeness (QED) is 0.928. The van der Waals surface area contributed by atoms with Gasteiger partial charge in [-0.25, -0.2) is 0 Å². The van der Waals surface area contributed by atoms with Crippen molar-refractivity contribution in [3.63, 3.8) is 0 Å². The molecule has 0 saturated carbocycles. The third-order valence-electron chi connectivity index (χ3n) is 4.20. The van der Waals surface area contributed by atoms with Gasteiger partial charge in [0.25, 0.3) is 0 Å². The number of fused-ring (bicyclic) bond motifs is 1. The number of hydrogen-bond acceptors (Lipinski definition) is 3. The van der Waals surface area contributed by atoms with Crippen LogP contribution in [0.2, 0.25) is 0 Å². The van der Waals surface area contributed by atoms with E-state index in [1.165, 1.54) is 11.1 Å². The Morgan fingerprint density at radius 2 is 2.05 bits per heavy atom. The highest BCUT2D eigenvalue weighted by atomic mass is 16.5. The maximum absolute atomic E-state index is 9.73. The Bertz CT molecular complexity index is 654. The first-order valence-electron chi connectivity index (χ1n) is 7.96. The molecule has 1 aliphatic heterocycles. The standard InChI is InChI=1S/C19H23NO2/c1-3-10-20-13-17(11-15-7-5-4-6-14(15)2)22-19-12-16(21)8-9-18(19)20/h4-9,12,17,21H,3,10-11,13H2,1-2H3. The van der Waals surface area contributed by atoms with Crippen LogP contribution in [0.3, 0.4) is 0 Å². The molecule has 0 aromatic heterocycles. The first kappa shape index (κ1) is 14.8. The number of hydrogen-bond donors (Lipinski definition) is 1. The summed E-state index contributed by atoms with van der Waals surface area (Å²) in [6.07, 6.45) is 2.10. The van der Waals surface area contributed by atoms with E-state index in [2.05, 4.69) is 43.0 Å². The average Bonchev–Trinajstić information content (AvgIpc) is 2.49. The summed E-state index contributed by atoms with van der Waals surface area (Å²) in [4.78, 5) is 2.36. The van der Waals surface area contributed by atoms with E-state index < -0.39 is 0 Å². The summed E-state index contributed by atoms with van der Waals surface area (Å²) in [6, 6.07) is 13.9. The summed E-state index contributed by atoms with van der Waals surface area (Å²) in [6.45, 7) is 6.22. The van der Waals surface area contributed by atoms with E-state index in [9.17, 15) is 5.11 Å². The van der Waals surface area contributed by atoms with Gasteiger partial charge < -0.3 is 14.7 Å². The Morgan fingerprint density at radius 3 is 2.82 bits per heavy atom. The van der Waals surface area contributed by atoms with Gasteiger partial charge in [-0.05, 0) is 36.6 Å². The fourth-order valence-corrected chi connectivity index (χ4v) is 3.09. The van der Waals surface area contributed by atoms with Crippen molar-refractivity contribution in [2.45, 2.75) is 32.8 Å². The molecule has 0 bridgehead atoms. The molecule has 22 heavy (non-hydrogen) atoms. The zero-order chi connectivity index (χ0) is 15.5. The first-order valence-corrected chi connectivity index (χ1v) is 7.96. The van der Waals surface area contributed by atoms with E-state index >= 15 is 0 Å². The third-order valence-corrected chi connectivity index (χ3v) is 4.20. The fraction of sp³-hybridized carbons (Fsp3) is 0.368. The van der Waals surface area contributed by atoms with E-state index in [-0.39, 0.29) is 11.9 Å². The Morgan fingerprint density at radius 1 is 1.23 bits per heavy atom. The average molecular weight is 297 g/mol. The van der Waals surface area contributed by atoms with Crippen molar-refractivity contribution < 1.29 is 9.84 Å². The van der Waals surface area contributed by atoms with Gasteiger partial charge in [0.05, 0.1) is 12.2 Å². The van der Waals surface area contributed by atoms with Crippen molar-refractivity contribution in [1.82, 2.24) is 0 Å². The van der Waals surface area contributed by atoms with Crippen molar-refractivity contribution in [3.8, 4) is 11.5 Å². The van der Waals surface area contributed by atoms with Crippen LogP contribution in [0, 0.1) is 6.92 Å². The Kier molecular flexibility index (Phi) is 4.23. The smallest absolute Gasteiger partial charge is 0.146 e. The van der Waals surface area contributed by atoms with Gasteiger partial charge in [-0.3, -0.25) is 0 Å². The Balaban J connectivity index is 1.84. The minimum absolute atomic E-state index is 0.113. The second-order valence-corrected chi connectivity index (χ2v) is 5.97. The lowest BCUT2D eigenvalue weighted by Crippen LogP contribution is -2.41. The molecule has 1 unspecified atom stereocenters. The number of benzene rings is 2. The third kappa shape index (κ3) is 3.03. The molecule has 2 aromatic carbocycles. The van der Waals surface area contributed by atoms with Crippen LogP contribution in [0.5, 0.6) is 11.5 Å². The van der Waals surface area contributed by atoms with E-state index in [1.54, 1.807) is 12.1 Å². The van der Waals surface area contributed by atoms with Gasteiger partial charge in [-0.2, -0.15) is 0 Å². The number of ether oxygens (including phenoxy) is 1. The monoisotopic (exact) mass is 297 g/mol. The van der Waals surface area contributed by atoms with Crippen molar-refractivity contribution in [2.75, 3.05) is 18.0 Å². The topological polar surface area (TPSA) is 32.7 Å². The van der Waals surface area contributed by atoms with Crippen molar-refractivity contribution in [1.29, 1.82) is 0 Å². The second kappa shape index (κ2) is 6.30. The minimum atomic E-state index is 0.113. The van der Waals surface area contributed by atoms with Gasteiger partial charge in [0.15, 0.2) is 0 Å². The summed E-state index contributed by atoms with van der Waals surface area (Å²) >= 11 is 0. The van der Waals surface area contributed by atoms with Crippen molar-refractivity contribution >= 4 is 5.69 Å². The van der Waals surface area contributed by atoms with E-state index in [0.717, 1.165) is 37.4 Å². The van der Waals surface area contributed by atoms with Crippen LogP contribution in [-0.4, -0.2) is 24.3 Å². The molecule has 3 heteroatoms. The molecule has 1 atom stereocenters. The summed E-state index contributed by atoms with van der Waals surface area (Å²) in [5.41, 5.74) is 3.71. The first-order chi connectivity index (χ1) is 10.7. The highest BCUT2D eigenvalue weighted by Gasteiger charge is 2.26. The molecule has 3 rings (SSSR count). The van der Waals surface area contributed by atoms with Crippen LogP contribution in [0.15, 0.2) is 42.5 Å². The highest BCUT2D eigenvalue weighted by Crippen LogP contribution is 2.36. The van der Waals surface area contributed by atoms with Crippen LogP contribution in [0.1, 0.15) is 24.5 Å². The molecular weight excluding hydrogens is 274 g/mol. The normalized spacial score (nSPS) is 17.0. The molecule has 1 heterocycles. The largest absolute Gasteiger partial charge is 0.508 e. The van der Waals surface area contributed by atoms with Crippen LogP contribution in [-0.2, 0) is 6.42 Å². The molecule has 0 aliphatic carbocycles.